The highest BCUT2D eigenvalue weighted by Crippen LogP contribution is 2.45. The molecular formula is C24H27N3O3. The van der Waals surface area contributed by atoms with Gasteiger partial charge in [0.15, 0.2) is 0 Å². The Bertz CT molecular complexity index is 945. The van der Waals surface area contributed by atoms with Gasteiger partial charge in [0.05, 0.1) is 5.54 Å². The molecule has 156 valence electrons. The van der Waals surface area contributed by atoms with E-state index in [1.807, 2.05) is 29.2 Å². The summed E-state index contributed by atoms with van der Waals surface area (Å²) in [6.07, 6.45) is 3.18. The highest BCUT2D eigenvalue weighted by atomic mass is 16.6. The lowest BCUT2D eigenvalue weighted by molar-refractivity contribution is -0.127. The van der Waals surface area contributed by atoms with Crippen molar-refractivity contribution in [3.8, 4) is 11.1 Å². The Hall–Kier alpha value is -2.86. The maximum Gasteiger partial charge on any atom is 0.410 e. The molecule has 0 radical (unpaired) electrons. The van der Waals surface area contributed by atoms with E-state index in [1.54, 1.807) is 0 Å². The van der Waals surface area contributed by atoms with E-state index in [1.165, 1.54) is 22.3 Å². The van der Waals surface area contributed by atoms with Crippen LogP contribution >= 0.6 is 0 Å². The number of benzene rings is 2. The van der Waals surface area contributed by atoms with Crippen LogP contribution in [0.1, 0.15) is 49.1 Å². The smallest absolute Gasteiger partial charge is 0.410 e. The van der Waals surface area contributed by atoms with E-state index in [4.69, 9.17) is 16.2 Å². The zero-order valence-corrected chi connectivity index (χ0v) is 16.9. The van der Waals surface area contributed by atoms with Gasteiger partial charge in [-0.3, -0.25) is 4.79 Å². The molecule has 2 aliphatic heterocycles. The van der Waals surface area contributed by atoms with Crippen molar-refractivity contribution in [2.45, 2.75) is 55.6 Å². The van der Waals surface area contributed by atoms with E-state index in [0.29, 0.717) is 19.4 Å². The Morgan fingerprint density at radius 1 is 0.967 bits per heavy atom. The third-order valence-electron chi connectivity index (χ3n) is 7.10. The average molecular weight is 405 g/mol. The van der Waals surface area contributed by atoms with Crippen molar-refractivity contribution in [1.29, 1.82) is 0 Å². The van der Waals surface area contributed by atoms with Gasteiger partial charge in [-0.15, -0.1) is 0 Å². The maximum absolute atomic E-state index is 13.1. The first kappa shape index (κ1) is 19.1. The summed E-state index contributed by atoms with van der Waals surface area (Å²) >= 11 is 0. The van der Waals surface area contributed by atoms with Crippen LogP contribution in [-0.4, -0.2) is 41.1 Å². The van der Waals surface area contributed by atoms with Crippen molar-refractivity contribution in [3.05, 3.63) is 59.7 Å². The van der Waals surface area contributed by atoms with E-state index >= 15 is 0 Å². The molecule has 2 aromatic carbocycles. The third-order valence-corrected chi connectivity index (χ3v) is 7.10. The van der Waals surface area contributed by atoms with E-state index in [9.17, 15) is 9.59 Å². The number of nitrogens with zero attached hydrogens (tertiary/aromatic N) is 1. The van der Waals surface area contributed by atoms with Crippen LogP contribution in [0.4, 0.5) is 4.79 Å². The lowest BCUT2D eigenvalue weighted by Crippen LogP contribution is -2.66. The monoisotopic (exact) mass is 405 g/mol. The van der Waals surface area contributed by atoms with Crippen molar-refractivity contribution in [2.24, 2.45) is 11.5 Å². The normalized spacial score (nSPS) is 27.3. The zero-order chi connectivity index (χ0) is 20.9. The molecule has 5 rings (SSSR count). The quantitative estimate of drug-likeness (QED) is 0.819. The van der Waals surface area contributed by atoms with Crippen molar-refractivity contribution in [1.82, 2.24) is 4.90 Å². The van der Waals surface area contributed by atoms with E-state index in [2.05, 4.69) is 24.3 Å². The zero-order valence-electron chi connectivity index (χ0n) is 16.9. The summed E-state index contributed by atoms with van der Waals surface area (Å²) in [4.78, 5) is 26.8. The SMILES string of the molecule is NC(=O)C1(N)CC2CCCC(C1)N2C(=O)OCC1c2ccccc2-c2ccccc21. The molecule has 2 aromatic rings. The number of hydrogen-bond donors (Lipinski definition) is 2. The predicted octanol–water partition coefficient (Wildman–Crippen LogP) is 3.14. The number of primary amides is 1. The summed E-state index contributed by atoms with van der Waals surface area (Å²) in [6.45, 7) is 0.298. The second kappa shape index (κ2) is 7.13. The molecule has 6 nitrogen and oxygen atoms in total. The summed E-state index contributed by atoms with van der Waals surface area (Å²) in [5.74, 6) is -0.447. The van der Waals surface area contributed by atoms with Gasteiger partial charge in [-0.05, 0) is 54.4 Å². The molecule has 2 fully saturated rings. The molecular weight excluding hydrogens is 378 g/mol. The Morgan fingerprint density at radius 2 is 1.50 bits per heavy atom. The van der Waals surface area contributed by atoms with Gasteiger partial charge in [0, 0.05) is 18.0 Å². The Labute approximate surface area is 176 Å². The first-order chi connectivity index (χ1) is 14.5. The number of ether oxygens (including phenoxy) is 1. The fourth-order valence-electron chi connectivity index (χ4n) is 5.66. The van der Waals surface area contributed by atoms with Gasteiger partial charge in [0.25, 0.3) is 0 Å². The molecule has 0 aromatic heterocycles. The number of hydrogen-bond acceptors (Lipinski definition) is 4. The summed E-state index contributed by atoms with van der Waals surface area (Å²) in [5, 5.41) is 0. The summed E-state index contributed by atoms with van der Waals surface area (Å²) in [6, 6.07) is 16.4. The number of carbonyl (C=O) groups excluding carboxylic acids is 2. The second-order valence-electron chi connectivity index (χ2n) is 8.88. The van der Waals surface area contributed by atoms with E-state index < -0.39 is 11.4 Å². The lowest BCUT2D eigenvalue weighted by Gasteiger charge is -2.50. The van der Waals surface area contributed by atoms with Crippen molar-refractivity contribution >= 4 is 12.0 Å². The second-order valence-corrected chi connectivity index (χ2v) is 8.88. The van der Waals surface area contributed by atoms with Crippen LogP contribution in [0.3, 0.4) is 0 Å². The topological polar surface area (TPSA) is 98.6 Å². The number of piperidine rings is 2. The fraction of sp³-hybridized carbons (Fsp3) is 0.417. The average Bonchev–Trinajstić information content (AvgIpc) is 3.05. The van der Waals surface area contributed by atoms with Gasteiger partial charge < -0.3 is 21.1 Å². The molecule has 1 aliphatic carbocycles. The predicted molar refractivity (Wildman–Crippen MR) is 114 cm³/mol. The molecule has 3 aliphatic rings. The van der Waals surface area contributed by atoms with Crippen LogP contribution in [0.25, 0.3) is 11.1 Å². The highest BCUT2D eigenvalue weighted by Gasteiger charge is 2.49. The van der Waals surface area contributed by atoms with E-state index in [-0.39, 0.29) is 24.1 Å². The third kappa shape index (κ3) is 2.98. The summed E-state index contributed by atoms with van der Waals surface area (Å²) in [5.41, 5.74) is 15.6. The Balaban J connectivity index is 1.34. The molecule has 2 saturated heterocycles. The number of fused-ring (bicyclic) bond motifs is 5. The minimum atomic E-state index is -1.03. The molecule has 2 unspecified atom stereocenters. The molecule has 2 bridgehead atoms. The molecule has 0 saturated carbocycles. The lowest BCUT2D eigenvalue weighted by atomic mass is 9.74. The van der Waals surface area contributed by atoms with Crippen LogP contribution in [-0.2, 0) is 9.53 Å². The molecule has 4 N–H and O–H groups in total. The first-order valence-electron chi connectivity index (χ1n) is 10.7. The molecule has 2 heterocycles. The van der Waals surface area contributed by atoms with Gasteiger partial charge in [-0.1, -0.05) is 48.5 Å². The van der Waals surface area contributed by atoms with Gasteiger partial charge >= 0.3 is 6.09 Å². The van der Waals surface area contributed by atoms with Gasteiger partial charge in [0.2, 0.25) is 5.91 Å². The minimum absolute atomic E-state index is 0.0326. The minimum Gasteiger partial charge on any atom is -0.448 e. The summed E-state index contributed by atoms with van der Waals surface area (Å²) in [7, 11) is 0. The standard InChI is InChI=1S/C24H27N3O3/c25-22(28)24(26)12-15-6-5-7-16(13-24)27(15)23(29)30-14-21-19-10-3-1-8-17(19)18-9-2-4-11-20(18)21/h1-4,8-11,15-16,21H,5-7,12-14,26H2,(H2,25,28). The van der Waals surface area contributed by atoms with Crippen LogP contribution in [0.15, 0.2) is 48.5 Å². The van der Waals surface area contributed by atoms with E-state index in [0.717, 1.165) is 19.3 Å². The summed E-state index contributed by atoms with van der Waals surface area (Å²) < 4.78 is 5.87. The van der Waals surface area contributed by atoms with Crippen LogP contribution in [0, 0.1) is 0 Å². The molecule has 2 amide bonds. The van der Waals surface area contributed by atoms with Gasteiger partial charge in [0.1, 0.15) is 6.61 Å². The highest BCUT2D eigenvalue weighted by molar-refractivity contribution is 5.85. The van der Waals surface area contributed by atoms with Crippen molar-refractivity contribution in [2.75, 3.05) is 6.61 Å². The number of rotatable bonds is 3. The molecule has 30 heavy (non-hydrogen) atoms. The first-order valence-corrected chi connectivity index (χ1v) is 10.7. The Morgan fingerprint density at radius 3 is 2.03 bits per heavy atom. The molecule has 2 atom stereocenters. The van der Waals surface area contributed by atoms with Crippen LogP contribution in [0.5, 0.6) is 0 Å². The van der Waals surface area contributed by atoms with Crippen molar-refractivity contribution < 1.29 is 14.3 Å². The number of carbonyl (C=O) groups is 2. The van der Waals surface area contributed by atoms with Gasteiger partial charge in [-0.2, -0.15) is 0 Å². The number of nitrogens with two attached hydrogens (primary N) is 2. The fourth-order valence-corrected chi connectivity index (χ4v) is 5.66. The van der Waals surface area contributed by atoms with Crippen molar-refractivity contribution in [3.63, 3.8) is 0 Å². The van der Waals surface area contributed by atoms with Crippen LogP contribution in [0.2, 0.25) is 0 Å². The number of amides is 2. The largest absolute Gasteiger partial charge is 0.448 e. The Kier molecular flexibility index (Phi) is 4.54. The maximum atomic E-state index is 13.1. The molecule has 6 heteroatoms. The van der Waals surface area contributed by atoms with Crippen LogP contribution < -0.4 is 11.5 Å². The molecule has 0 spiro atoms. The van der Waals surface area contributed by atoms with Gasteiger partial charge in [-0.25, -0.2) is 4.79 Å².